The molecule has 0 bridgehead atoms. The van der Waals surface area contributed by atoms with Crippen molar-refractivity contribution in [2.24, 2.45) is 0 Å². The molecular formula is C44H32N4. The van der Waals surface area contributed by atoms with Crippen LogP contribution in [0.15, 0.2) is 170 Å². The highest BCUT2D eigenvalue weighted by atomic mass is 14.9. The third-order valence-electron chi connectivity index (χ3n) is 8.53. The summed E-state index contributed by atoms with van der Waals surface area (Å²) in [6, 6.07) is 52.0. The maximum Gasteiger partial charge on any atom is 0.160 e. The maximum atomic E-state index is 5.07. The lowest BCUT2D eigenvalue weighted by Crippen LogP contribution is -1.99. The van der Waals surface area contributed by atoms with E-state index in [4.69, 9.17) is 19.9 Å². The Morgan fingerprint density at radius 2 is 0.750 bits per heavy atom. The van der Waals surface area contributed by atoms with Gasteiger partial charge >= 0.3 is 0 Å². The number of hydrogen-bond acceptors (Lipinski definition) is 4. The molecule has 4 heteroatoms. The zero-order chi connectivity index (χ0) is 32.1. The second-order valence-electron chi connectivity index (χ2n) is 11.8. The number of allylic oxidation sites excluding steroid dienone is 4. The average Bonchev–Trinajstić information content (AvgIpc) is 3.19. The summed E-state index contributed by atoms with van der Waals surface area (Å²) in [7, 11) is 0. The van der Waals surface area contributed by atoms with Gasteiger partial charge in [0.05, 0.1) is 22.8 Å². The van der Waals surface area contributed by atoms with Crippen LogP contribution in [0.1, 0.15) is 18.5 Å². The van der Waals surface area contributed by atoms with Crippen molar-refractivity contribution < 1.29 is 0 Å². The van der Waals surface area contributed by atoms with Crippen molar-refractivity contribution in [1.29, 1.82) is 0 Å². The molecule has 0 radical (unpaired) electrons. The zero-order valence-corrected chi connectivity index (χ0v) is 26.4. The van der Waals surface area contributed by atoms with Crippen molar-refractivity contribution in [2.45, 2.75) is 12.8 Å². The normalized spacial score (nSPS) is 12.5. The van der Waals surface area contributed by atoms with Gasteiger partial charge in [0.2, 0.25) is 0 Å². The van der Waals surface area contributed by atoms with Crippen LogP contribution in [0.3, 0.4) is 0 Å². The van der Waals surface area contributed by atoms with E-state index in [0.717, 1.165) is 86.0 Å². The number of hydrogen-bond donors (Lipinski definition) is 0. The zero-order valence-electron chi connectivity index (χ0n) is 26.4. The SMILES string of the molecule is C1=CC(c2cc(-c3cccc(-c4cccc(-c5cc(-c6ccccc6)nc(-c6ccccc6)n5)c4)c3)nc(-c3ccccc3)n2)=CCC1. The molecule has 0 saturated heterocycles. The minimum absolute atomic E-state index is 0.705. The van der Waals surface area contributed by atoms with E-state index in [2.05, 4.69) is 115 Å². The second kappa shape index (κ2) is 13.2. The molecule has 0 saturated carbocycles. The van der Waals surface area contributed by atoms with Crippen molar-refractivity contribution in [3.05, 3.63) is 176 Å². The third-order valence-corrected chi connectivity index (χ3v) is 8.53. The highest BCUT2D eigenvalue weighted by molar-refractivity contribution is 5.80. The molecule has 0 amide bonds. The first-order valence-corrected chi connectivity index (χ1v) is 16.3. The largest absolute Gasteiger partial charge is 0.228 e. The van der Waals surface area contributed by atoms with Crippen molar-refractivity contribution in [1.82, 2.24) is 19.9 Å². The van der Waals surface area contributed by atoms with Gasteiger partial charge in [0.25, 0.3) is 0 Å². The molecule has 8 rings (SSSR count). The summed E-state index contributed by atoms with van der Waals surface area (Å²) < 4.78 is 0. The lowest BCUT2D eigenvalue weighted by atomic mass is 9.97. The number of nitrogens with zero attached hydrogens (tertiary/aromatic N) is 4. The molecular weight excluding hydrogens is 585 g/mol. The molecule has 0 aliphatic heterocycles. The predicted molar refractivity (Wildman–Crippen MR) is 197 cm³/mol. The van der Waals surface area contributed by atoms with Gasteiger partial charge in [-0.2, -0.15) is 0 Å². The highest BCUT2D eigenvalue weighted by Gasteiger charge is 2.14. The van der Waals surface area contributed by atoms with Gasteiger partial charge < -0.3 is 0 Å². The van der Waals surface area contributed by atoms with Gasteiger partial charge in [0, 0.05) is 27.8 Å². The molecule has 228 valence electrons. The molecule has 0 unspecified atom stereocenters. The summed E-state index contributed by atoms with van der Waals surface area (Å²) in [5.41, 5.74) is 12.1. The molecule has 48 heavy (non-hydrogen) atoms. The van der Waals surface area contributed by atoms with Gasteiger partial charge in [-0.3, -0.25) is 0 Å². The van der Waals surface area contributed by atoms with E-state index in [9.17, 15) is 0 Å². The fraction of sp³-hybridized carbons (Fsp3) is 0.0455. The Bertz CT molecular complexity index is 2220. The number of aromatic nitrogens is 4. The van der Waals surface area contributed by atoms with Crippen LogP contribution < -0.4 is 0 Å². The summed E-state index contributed by atoms with van der Waals surface area (Å²) >= 11 is 0. The topological polar surface area (TPSA) is 51.6 Å². The van der Waals surface area contributed by atoms with E-state index >= 15 is 0 Å². The minimum atomic E-state index is 0.705. The molecule has 0 N–H and O–H groups in total. The molecule has 7 aromatic rings. The van der Waals surface area contributed by atoms with Crippen molar-refractivity contribution >= 4 is 5.57 Å². The highest BCUT2D eigenvalue weighted by Crippen LogP contribution is 2.33. The fourth-order valence-corrected chi connectivity index (χ4v) is 6.05. The second-order valence-corrected chi connectivity index (χ2v) is 11.8. The molecule has 1 aliphatic carbocycles. The van der Waals surface area contributed by atoms with Crippen LogP contribution in [0.4, 0.5) is 0 Å². The van der Waals surface area contributed by atoms with E-state index in [1.165, 1.54) is 0 Å². The first kappa shape index (κ1) is 29.2. The van der Waals surface area contributed by atoms with Crippen LogP contribution in [0.25, 0.3) is 73.2 Å². The van der Waals surface area contributed by atoms with Gasteiger partial charge in [0.15, 0.2) is 11.6 Å². The Kier molecular flexibility index (Phi) is 8.04. The third kappa shape index (κ3) is 6.24. The smallest absolute Gasteiger partial charge is 0.160 e. The maximum absolute atomic E-state index is 5.07. The molecule has 4 nitrogen and oxygen atoms in total. The molecule has 2 aromatic heterocycles. The molecule has 0 spiro atoms. The molecule has 5 aromatic carbocycles. The van der Waals surface area contributed by atoms with E-state index in [1.807, 2.05) is 54.6 Å². The van der Waals surface area contributed by atoms with E-state index in [1.54, 1.807) is 0 Å². The molecule has 2 heterocycles. The molecule has 1 aliphatic rings. The monoisotopic (exact) mass is 616 g/mol. The van der Waals surface area contributed by atoms with Gasteiger partial charge in [0.1, 0.15) is 0 Å². The van der Waals surface area contributed by atoms with E-state index in [0.29, 0.717) is 5.82 Å². The van der Waals surface area contributed by atoms with E-state index in [-0.39, 0.29) is 0 Å². The molecule has 0 fully saturated rings. The van der Waals surface area contributed by atoms with Gasteiger partial charge in [-0.25, -0.2) is 19.9 Å². The van der Waals surface area contributed by atoms with Crippen LogP contribution in [-0.2, 0) is 0 Å². The van der Waals surface area contributed by atoms with Crippen LogP contribution in [0.5, 0.6) is 0 Å². The predicted octanol–water partition coefficient (Wildman–Crippen LogP) is 11.0. The van der Waals surface area contributed by atoms with Crippen LogP contribution >= 0.6 is 0 Å². The van der Waals surface area contributed by atoms with Gasteiger partial charge in [-0.15, -0.1) is 0 Å². The molecule has 0 atom stereocenters. The van der Waals surface area contributed by atoms with Crippen molar-refractivity contribution in [2.75, 3.05) is 0 Å². The summed E-state index contributed by atoms with van der Waals surface area (Å²) in [6.07, 6.45) is 8.73. The Morgan fingerprint density at radius 3 is 1.25 bits per heavy atom. The average molecular weight is 617 g/mol. The summed E-state index contributed by atoms with van der Waals surface area (Å²) in [4.78, 5) is 20.1. The quantitative estimate of drug-likeness (QED) is 0.179. The lowest BCUT2D eigenvalue weighted by Gasteiger charge is -2.13. The van der Waals surface area contributed by atoms with Gasteiger partial charge in [-0.05, 0) is 53.8 Å². The number of rotatable bonds is 7. The van der Waals surface area contributed by atoms with Crippen LogP contribution in [0, 0.1) is 0 Å². The van der Waals surface area contributed by atoms with Crippen molar-refractivity contribution in [3.63, 3.8) is 0 Å². The van der Waals surface area contributed by atoms with Crippen molar-refractivity contribution in [3.8, 4) is 67.7 Å². The first-order valence-electron chi connectivity index (χ1n) is 16.3. The Morgan fingerprint density at radius 1 is 0.333 bits per heavy atom. The summed E-state index contributed by atoms with van der Waals surface area (Å²) in [5.74, 6) is 1.43. The Hall–Kier alpha value is -6.26. The van der Waals surface area contributed by atoms with Crippen LogP contribution in [0.2, 0.25) is 0 Å². The summed E-state index contributed by atoms with van der Waals surface area (Å²) in [6.45, 7) is 0. The lowest BCUT2D eigenvalue weighted by molar-refractivity contribution is 1.03. The summed E-state index contributed by atoms with van der Waals surface area (Å²) in [5, 5.41) is 0. The van der Waals surface area contributed by atoms with Gasteiger partial charge in [-0.1, -0.05) is 146 Å². The number of benzene rings is 5. The van der Waals surface area contributed by atoms with Crippen LogP contribution in [-0.4, -0.2) is 19.9 Å². The van der Waals surface area contributed by atoms with E-state index < -0.39 is 0 Å². The fourth-order valence-electron chi connectivity index (χ4n) is 6.05. The Balaban J connectivity index is 1.20. The standard InChI is InChI=1S/C44H32N4/c1-5-15-31(16-6-1)39-29-41(47-43(45-39)33-19-9-3-10-20-33)37-25-13-23-35(27-37)36-24-14-26-38(28-36)42-30-40(32-17-7-2-8-18-32)46-44(48-42)34-21-11-4-12-22-34/h1,3-7,9-30H,2,8H2. The minimum Gasteiger partial charge on any atom is -0.228 e. The first-order chi connectivity index (χ1) is 23.8. The Labute approximate surface area is 280 Å².